The Bertz CT molecular complexity index is 1240. The van der Waals surface area contributed by atoms with Gasteiger partial charge in [-0.25, -0.2) is 0 Å². The normalized spacial score (nSPS) is 17.1. The number of carbonyl (C=O) groups excluding carboxylic acids is 1. The summed E-state index contributed by atoms with van der Waals surface area (Å²) in [5.74, 6) is 1.63. The second kappa shape index (κ2) is 9.48. The van der Waals surface area contributed by atoms with Crippen LogP contribution in [0.5, 0.6) is 11.5 Å². The summed E-state index contributed by atoms with van der Waals surface area (Å²) in [5, 5.41) is 0. The lowest BCUT2D eigenvalue weighted by Gasteiger charge is -2.32. The minimum Gasteiger partial charge on any atom is -0.473 e. The Morgan fingerprint density at radius 1 is 0.912 bits per heavy atom. The van der Waals surface area contributed by atoms with Gasteiger partial charge in [0.1, 0.15) is 11.5 Å². The van der Waals surface area contributed by atoms with Gasteiger partial charge in [-0.1, -0.05) is 31.4 Å². The molecule has 2 aromatic carbocycles. The summed E-state index contributed by atoms with van der Waals surface area (Å²) in [6.07, 6.45) is 14.1. The van der Waals surface area contributed by atoms with Crippen molar-refractivity contribution >= 4 is 5.78 Å². The standard InChI is InChI=1S/C29H28N2O3/c1-3-8-25(4-2)30-17-23-15-21(11-13-27(23)33-19-30)29(32)22-12-14-28-24(16-22)18-31(20-34-28)26-9-6-5-7-10-26/h3-4,6,8-16H,1-2,5,7,17-20H2/b25-8+. The molecule has 0 fully saturated rings. The number of rotatable bonds is 6. The first-order valence-electron chi connectivity index (χ1n) is 11.5. The van der Waals surface area contributed by atoms with Crippen molar-refractivity contribution in [3.8, 4) is 11.5 Å². The van der Waals surface area contributed by atoms with E-state index in [4.69, 9.17) is 9.47 Å². The van der Waals surface area contributed by atoms with E-state index in [1.165, 1.54) is 5.70 Å². The number of ketones is 1. The van der Waals surface area contributed by atoms with Gasteiger partial charge in [-0.3, -0.25) is 4.79 Å². The van der Waals surface area contributed by atoms with Crippen molar-refractivity contribution in [2.24, 2.45) is 0 Å². The molecular formula is C29H28N2O3. The Hall–Kier alpha value is -3.99. The monoisotopic (exact) mass is 452 g/mol. The van der Waals surface area contributed by atoms with Crippen molar-refractivity contribution in [2.75, 3.05) is 13.5 Å². The third-order valence-corrected chi connectivity index (χ3v) is 6.32. The van der Waals surface area contributed by atoms with Crippen LogP contribution >= 0.6 is 0 Å². The number of nitrogens with zero attached hydrogens (tertiary/aromatic N) is 2. The zero-order valence-electron chi connectivity index (χ0n) is 19.2. The molecule has 0 bridgehead atoms. The lowest BCUT2D eigenvalue weighted by Crippen LogP contribution is -2.31. The number of fused-ring (bicyclic) bond motifs is 2. The molecule has 1 aliphatic carbocycles. The van der Waals surface area contributed by atoms with Crippen LogP contribution in [0.25, 0.3) is 0 Å². The highest BCUT2D eigenvalue weighted by Crippen LogP contribution is 2.32. The van der Waals surface area contributed by atoms with Crippen LogP contribution in [0.4, 0.5) is 0 Å². The molecule has 0 amide bonds. The van der Waals surface area contributed by atoms with E-state index in [1.54, 1.807) is 12.2 Å². The van der Waals surface area contributed by atoms with Crippen molar-refractivity contribution in [2.45, 2.75) is 25.9 Å². The van der Waals surface area contributed by atoms with Gasteiger partial charge in [-0.2, -0.15) is 0 Å². The number of hydrogen-bond acceptors (Lipinski definition) is 5. The van der Waals surface area contributed by atoms with E-state index in [2.05, 4.69) is 41.2 Å². The molecule has 34 heavy (non-hydrogen) atoms. The highest BCUT2D eigenvalue weighted by atomic mass is 16.5. The molecule has 0 spiro atoms. The zero-order chi connectivity index (χ0) is 23.5. The van der Waals surface area contributed by atoms with Crippen molar-refractivity contribution in [1.82, 2.24) is 9.80 Å². The van der Waals surface area contributed by atoms with Crippen LogP contribution in [0, 0.1) is 0 Å². The molecule has 172 valence electrons. The van der Waals surface area contributed by atoms with Crippen LogP contribution in [-0.2, 0) is 13.1 Å². The molecule has 0 radical (unpaired) electrons. The lowest BCUT2D eigenvalue weighted by molar-refractivity contribution is 0.103. The minimum atomic E-state index is -0.0118. The number of carbonyl (C=O) groups is 1. The SMILES string of the molecule is C=C/C=C(\C=C)N1COc2ccc(C(=O)c3ccc4c(c3)CN(C3=CCCC=C3)CO4)cc2C1. The lowest BCUT2D eigenvalue weighted by atomic mass is 9.98. The molecule has 5 nitrogen and oxygen atoms in total. The fourth-order valence-electron chi connectivity index (χ4n) is 4.52. The number of ether oxygens (including phenoxy) is 2. The highest BCUT2D eigenvalue weighted by Gasteiger charge is 2.23. The van der Waals surface area contributed by atoms with Gasteiger partial charge >= 0.3 is 0 Å². The topological polar surface area (TPSA) is 42.0 Å². The molecule has 3 aliphatic rings. The maximum Gasteiger partial charge on any atom is 0.193 e. The van der Waals surface area contributed by atoms with Gasteiger partial charge in [-0.05, 0) is 67.5 Å². The molecule has 0 saturated heterocycles. The van der Waals surface area contributed by atoms with Crippen LogP contribution in [0.1, 0.15) is 39.9 Å². The summed E-state index contributed by atoms with van der Waals surface area (Å²) in [6.45, 7) is 9.95. The van der Waals surface area contributed by atoms with Crippen molar-refractivity contribution in [1.29, 1.82) is 0 Å². The van der Waals surface area contributed by atoms with E-state index < -0.39 is 0 Å². The summed E-state index contributed by atoms with van der Waals surface area (Å²) < 4.78 is 11.9. The Labute approximate surface area is 200 Å². The van der Waals surface area contributed by atoms with E-state index >= 15 is 0 Å². The molecule has 0 unspecified atom stereocenters. The van der Waals surface area contributed by atoms with Gasteiger partial charge in [0.05, 0.1) is 0 Å². The molecule has 2 heterocycles. The third-order valence-electron chi connectivity index (χ3n) is 6.32. The molecule has 0 aromatic heterocycles. The summed E-state index contributed by atoms with van der Waals surface area (Å²) in [6, 6.07) is 11.4. The van der Waals surface area contributed by atoms with Gasteiger partial charge in [0.15, 0.2) is 19.2 Å². The summed E-state index contributed by atoms with van der Waals surface area (Å²) in [7, 11) is 0. The second-order valence-corrected chi connectivity index (χ2v) is 8.56. The molecule has 0 atom stereocenters. The Morgan fingerprint density at radius 2 is 1.62 bits per heavy atom. The van der Waals surface area contributed by atoms with E-state index in [0.29, 0.717) is 31.1 Å². The second-order valence-electron chi connectivity index (χ2n) is 8.56. The van der Waals surface area contributed by atoms with Gasteiger partial charge in [0, 0.05) is 46.7 Å². The third kappa shape index (κ3) is 4.29. The molecule has 5 rings (SSSR count). The summed E-state index contributed by atoms with van der Waals surface area (Å²) in [4.78, 5) is 17.7. The minimum absolute atomic E-state index is 0.0118. The number of benzene rings is 2. The predicted molar refractivity (Wildman–Crippen MR) is 133 cm³/mol. The van der Waals surface area contributed by atoms with Crippen molar-refractivity contribution in [3.05, 3.63) is 120 Å². The maximum absolute atomic E-state index is 13.4. The number of allylic oxidation sites excluding steroid dienone is 6. The quantitative estimate of drug-likeness (QED) is 0.415. The average molecular weight is 453 g/mol. The van der Waals surface area contributed by atoms with E-state index in [9.17, 15) is 4.79 Å². The average Bonchev–Trinajstić information content (AvgIpc) is 2.90. The van der Waals surface area contributed by atoms with E-state index in [1.807, 2.05) is 42.5 Å². The highest BCUT2D eigenvalue weighted by molar-refractivity contribution is 6.09. The van der Waals surface area contributed by atoms with Crippen LogP contribution in [0.3, 0.4) is 0 Å². The Balaban J connectivity index is 1.37. The molecule has 2 aliphatic heterocycles. The van der Waals surface area contributed by atoms with Crippen molar-refractivity contribution in [3.63, 3.8) is 0 Å². The molecule has 5 heteroatoms. The molecule has 0 N–H and O–H groups in total. The van der Waals surface area contributed by atoms with Gasteiger partial charge < -0.3 is 19.3 Å². The molecular weight excluding hydrogens is 424 g/mol. The Morgan fingerprint density at radius 3 is 2.26 bits per heavy atom. The maximum atomic E-state index is 13.4. The molecule has 0 saturated carbocycles. The van der Waals surface area contributed by atoms with Crippen molar-refractivity contribution < 1.29 is 14.3 Å². The smallest absolute Gasteiger partial charge is 0.193 e. The first-order valence-corrected chi connectivity index (χ1v) is 11.5. The van der Waals surface area contributed by atoms with Crippen LogP contribution in [0.2, 0.25) is 0 Å². The van der Waals surface area contributed by atoms with Gasteiger partial charge in [0.2, 0.25) is 0 Å². The van der Waals surface area contributed by atoms with Gasteiger partial charge in [0.25, 0.3) is 0 Å². The largest absolute Gasteiger partial charge is 0.473 e. The fourth-order valence-corrected chi connectivity index (χ4v) is 4.52. The number of hydrogen-bond donors (Lipinski definition) is 0. The van der Waals surface area contributed by atoms with Gasteiger partial charge in [-0.15, -0.1) is 0 Å². The fraction of sp³-hybridized carbons (Fsp3) is 0.207. The van der Waals surface area contributed by atoms with Crippen LogP contribution < -0.4 is 9.47 Å². The Kier molecular flexibility index (Phi) is 6.09. The summed E-state index contributed by atoms with van der Waals surface area (Å²) >= 11 is 0. The predicted octanol–water partition coefficient (Wildman–Crippen LogP) is 5.71. The zero-order valence-corrected chi connectivity index (χ0v) is 19.2. The van der Waals surface area contributed by atoms with E-state index in [0.717, 1.165) is 47.7 Å². The van der Waals surface area contributed by atoms with Crippen LogP contribution in [-0.4, -0.2) is 29.0 Å². The first-order chi connectivity index (χ1) is 16.7. The molecule has 2 aromatic rings. The van der Waals surface area contributed by atoms with Crippen LogP contribution in [0.15, 0.2) is 97.4 Å². The van der Waals surface area contributed by atoms with E-state index in [-0.39, 0.29) is 5.78 Å². The first kappa shape index (κ1) is 21.8. The summed E-state index contributed by atoms with van der Waals surface area (Å²) in [5.41, 5.74) is 5.40.